The van der Waals surface area contributed by atoms with Crippen LogP contribution in [0, 0.1) is 0 Å². The number of amides is 4. The first kappa shape index (κ1) is 55.0. The molecule has 1 aromatic heterocycles. The van der Waals surface area contributed by atoms with Gasteiger partial charge in [0.1, 0.15) is 41.5 Å². The van der Waals surface area contributed by atoms with Crippen molar-refractivity contribution in [2.45, 2.75) is 76.4 Å². The van der Waals surface area contributed by atoms with Gasteiger partial charge in [0.05, 0.1) is 44.4 Å². The molecule has 8 rings (SSSR count). The average molecular weight is 1070 g/mol. The van der Waals surface area contributed by atoms with Gasteiger partial charge in [-0.25, -0.2) is 9.78 Å². The first-order valence-corrected chi connectivity index (χ1v) is 25.9. The number of anilines is 5. The predicted octanol–water partition coefficient (Wildman–Crippen LogP) is 6.20. The number of carboxylic acid groups (broad SMARTS) is 1. The molecule has 4 aromatic rings. The third kappa shape index (κ3) is 13.3. The van der Waals surface area contributed by atoms with Crippen molar-refractivity contribution in [1.29, 1.82) is 0 Å². The van der Waals surface area contributed by atoms with Gasteiger partial charge in [0.2, 0.25) is 23.7 Å². The Balaban J connectivity index is 0.716. The number of fused-ring (bicyclic) bond motifs is 3. The van der Waals surface area contributed by atoms with E-state index in [1.807, 2.05) is 19.1 Å². The topological polar surface area (TPSA) is 282 Å². The number of aromatic nitrogens is 2. The number of methoxy groups -OCH3 is 1. The summed E-state index contributed by atoms with van der Waals surface area (Å²) >= 11 is 5.44. The van der Waals surface area contributed by atoms with Crippen LogP contribution in [0.1, 0.15) is 79.0 Å². The number of rotatable bonds is 24. The minimum atomic E-state index is -1.15. The first-order valence-electron chi connectivity index (χ1n) is 25.5. The second kappa shape index (κ2) is 25.6. The van der Waals surface area contributed by atoms with Crippen molar-refractivity contribution in [3.63, 3.8) is 0 Å². The molecule has 21 nitrogen and oxygen atoms in total. The molecule has 2 aliphatic heterocycles. The van der Waals surface area contributed by atoms with Gasteiger partial charge in [-0.1, -0.05) is 44.0 Å². The highest BCUT2D eigenvalue weighted by Crippen LogP contribution is 2.43. The lowest BCUT2D eigenvalue weighted by molar-refractivity contribution is -0.130. The fraction of sp³-hybridized carbons (Fsp3) is 0.364. The Hall–Kier alpha value is -8.21. The Morgan fingerprint density at radius 3 is 2.47 bits per heavy atom. The Kier molecular flexibility index (Phi) is 18.3. The average Bonchev–Trinajstić information content (AvgIpc) is 3.96. The van der Waals surface area contributed by atoms with Crippen molar-refractivity contribution in [3.8, 4) is 28.2 Å². The number of hydrogen-bond donors (Lipinski definition) is 7. The molecule has 4 amide bonds. The van der Waals surface area contributed by atoms with Gasteiger partial charge in [-0.2, -0.15) is 4.98 Å². The number of aromatic carboxylic acids is 1. The summed E-state index contributed by atoms with van der Waals surface area (Å²) in [6, 6.07) is 20.5. The minimum Gasteiger partial charge on any atom is -0.495 e. The largest absolute Gasteiger partial charge is 0.495 e. The summed E-state index contributed by atoms with van der Waals surface area (Å²) in [4.78, 5) is 89.2. The van der Waals surface area contributed by atoms with Crippen molar-refractivity contribution in [2.75, 3.05) is 74.1 Å². The summed E-state index contributed by atoms with van der Waals surface area (Å²) in [6.45, 7) is 2.79. The second-order valence-electron chi connectivity index (χ2n) is 18.6. The maximum atomic E-state index is 13.3. The van der Waals surface area contributed by atoms with Gasteiger partial charge in [0, 0.05) is 60.0 Å². The molecule has 22 heteroatoms. The van der Waals surface area contributed by atoms with Crippen molar-refractivity contribution in [1.82, 2.24) is 25.9 Å². The second-order valence-corrected chi connectivity index (χ2v) is 19.0. The Morgan fingerprint density at radius 1 is 0.922 bits per heavy atom. The third-order valence-corrected chi connectivity index (χ3v) is 13.8. The standard InChI is InChI=1S/C55H62N10O11S/c1-4-42-52(70)64(2)43-30-59-54(63-50(43)65(42)34-11-5-6-12-34)62-40-21-16-32(27-46(40)73-3)51(69)57-22-10-9-14-41(49(56)68)61-47(67)31-75-26-25-74-24-23-58-55(77)60-33-17-19-36(39(28-33)53(71)72)48-37-13-7-8-15-44(37)76-45-29-35(66)18-20-38(45)48/h7-8,13,15-21,27-30,34,41-42H,4-6,9-12,14,22-26,31H2,1-3H3,(H2,56,68)(H,57,69)(H,61,67)(H,71,72)(H2,58,60,77)(H,59,62,63)/t41-,42+/m0/s1. The van der Waals surface area contributed by atoms with E-state index in [-0.39, 0.29) is 72.9 Å². The van der Waals surface area contributed by atoms with Crippen molar-refractivity contribution in [3.05, 3.63) is 106 Å². The van der Waals surface area contributed by atoms with E-state index in [1.54, 1.807) is 66.7 Å². The summed E-state index contributed by atoms with van der Waals surface area (Å²) in [5.74, 6) is -0.881. The molecule has 0 saturated heterocycles. The zero-order chi connectivity index (χ0) is 54.6. The molecular formula is C55H62N10O11S. The Bertz CT molecular complexity index is 3180. The lowest BCUT2D eigenvalue weighted by atomic mass is 9.90. The van der Waals surface area contributed by atoms with Crippen LogP contribution in [0.5, 0.6) is 5.75 Å². The van der Waals surface area contributed by atoms with Crippen LogP contribution in [0.15, 0.2) is 94.3 Å². The zero-order valence-corrected chi connectivity index (χ0v) is 43.8. The van der Waals surface area contributed by atoms with Crippen molar-refractivity contribution >= 4 is 86.7 Å². The highest BCUT2D eigenvalue weighted by molar-refractivity contribution is 7.80. The number of para-hydroxylation sites is 1. The molecule has 1 fully saturated rings. The fourth-order valence-corrected chi connectivity index (χ4v) is 9.94. The number of carbonyl (C=O) groups is 5. The lowest BCUT2D eigenvalue weighted by Crippen LogP contribution is -2.55. The van der Waals surface area contributed by atoms with E-state index in [0.717, 1.165) is 25.7 Å². The van der Waals surface area contributed by atoms with E-state index in [0.29, 0.717) is 106 Å². The van der Waals surface area contributed by atoms with Gasteiger partial charge in [0.25, 0.3) is 5.91 Å². The molecule has 2 aliphatic carbocycles. The maximum absolute atomic E-state index is 13.3. The maximum Gasteiger partial charge on any atom is 0.336 e. The van der Waals surface area contributed by atoms with E-state index in [2.05, 4.69) is 36.5 Å². The van der Waals surface area contributed by atoms with Crippen LogP contribution < -0.4 is 52.3 Å². The number of hydrogen-bond acceptors (Lipinski definition) is 15. The lowest BCUT2D eigenvalue weighted by Gasteiger charge is -2.43. The van der Waals surface area contributed by atoms with E-state index in [4.69, 9.17) is 41.6 Å². The van der Waals surface area contributed by atoms with Gasteiger partial charge in [-0.3, -0.25) is 24.0 Å². The molecule has 77 heavy (non-hydrogen) atoms. The third-order valence-electron chi connectivity index (χ3n) is 13.5. The number of nitrogens with two attached hydrogens (primary N) is 1. The molecule has 8 N–H and O–H groups in total. The van der Waals surface area contributed by atoms with Crippen LogP contribution in [-0.2, 0) is 23.9 Å². The number of carboxylic acids is 1. The summed E-state index contributed by atoms with van der Waals surface area (Å²) in [7, 11) is 3.26. The molecule has 0 bridgehead atoms. The number of ether oxygens (including phenoxy) is 3. The first-order chi connectivity index (χ1) is 37.2. The van der Waals surface area contributed by atoms with Gasteiger partial charge >= 0.3 is 5.97 Å². The highest BCUT2D eigenvalue weighted by atomic mass is 32.1. The number of likely N-dealkylation sites (N-methyl/N-ethyl adjacent to an activating group) is 1. The van der Waals surface area contributed by atoms with Crippen molar-refractivity contribution < 1.29 is 47.7 Å². The normalized spacial score (nSPS) is 14.7. The van der Waals surface area contributed by atoms with Crippen molar-refractivity contribution in [2.24, 2.45) is 5.73 Å². The molecule has 1 saturated carbocycles. The summed E-state index contributed by atoms with van der Waals surface area (Å²) < 4.78 is 22.6. The highest BCUT2D eigenvalue weighted by Gasteiger charge is 2.41. The number of carbonyl (C=O) groups excluding carboxylic acids is 4. The Morgan fingerprint density at radius 2 is 1.70 bits per heavy atom. The molecule has 0 spiro atoms. The van der Waals surface area contributed by atoms with E-state index < -0.39 is 23.8 Å². The molecule has 3 aromatic carbocycles. The fourth-order valence-electron chi connectivity index (χ4n) is 9.72. The van der Waals surface area contributed by atoms with Crippen LogP contribution in [0.4, 0.5) is 28.8 Å². The van der Waals surface area contributed by atoms with Crippen LogP contribution in [0.25, 0.3) is 33.4 Å². The van der Waals surface area contributed by atoms with E-state index >= 15 is 0 Å². The molecule has 4 aliphatic rings. The van der Waals surface area contributed by atoms with Crippen LogP contribution in [0.3, 0.4) is 0 Å². The van der Waals surface area contributed by atoms with Gasteiger partial charge in [-0.15, -0.1) is 0 Å². The molecular weight excluding hydrogens is 1010 g/mol. The summed E-state index contributed by atoms with van der Waals surface area (Å²) in [6.07, 6.45) is 7.77. The molecule has 2 atom stereocenters. The summed E-state index contributed by atoms with van der Waals surface area (Å²) in [5, 5.41) is 25.9. The number of benzene rings is 4. The molecule has 0 unspecified atom stereocenters. The monoisotopic (exact) mass is 1070 g/mol. The summed E-state index contributed by atoms with van der Waals surface area (Å²) in [5.41, 5.74) is 9.55. The smallest absolute Gasteiger partial charge is 0.336 e. The SMILES string of the molecule is CC[C@@H]1C(=O)N(C)c2cnc(Nc3ccc(C(=O)NCCCC[C@H](NC(=O)COCCOCCNC(=S)Nc4ccc(-c5c6ccc(=O)cc-6oc6ccccc56)c(C(=O)O)c4)C(N)=O)cc3OC)nc2N1C1CCCC1. The van der Waals surface area contributed by atoms with Crippen LogP contribution in [-0.4, -0.2) is 122 Å². The molecule has 404 valence electrons. The number of thiocarbonyl (C=S) groups is 1. The number of unbranched alkanes of at least 4 members (excludes halogenated alkanes) is 1. The number of nitrogens with one attached hydrogen (secondary N) is 5. The zero-order valence-electron chi connectivity index (χ0n) is 43.0. The Labute approximate surface area is 449 Å². The molecule has 0 radical (unpaired) electrons. The van der Waals surface area contributed by atoms with Gasteiger partial charge in [-0.05, 0) is 105 Å². The van der Waals surface area contributed by atoms with E-state index in [1.165, 1.54) is 25.3 Å². The number of primary amides is 1. The van der Waals surface area contributed by atoms with Crippen LogP contribution in [0.2, 0.25) is 0 Å². The molecule has 3 heterocycles. The van der Waals surface area contributed by atoms with Gasteiger partial charge in [0.15, 0.2) is 16.4 Å². The number of nitrogens with zero attached hydrogens (tertiary/aromatic N) is 4. The van der Waals surface area contributed by atoms with Gasteiger partial charge < -0.3 is 65.9 Å². The minimum absolute atomic E-state index is 0.0167. The van der Waals surface area contributed by atoms with E-state index in [9.17, 15) is 33.9 Å². The quantitative estimate of drug-likeness (QED) is 0.0202. The predicted molar refractivity (Wildman–Crippen MR) is 295 cm³/mol. The van der Waals surface area contributed by atoms with Crippen LogP contribution >= 0.6 is 12.2 Å².